The molecule has 1 aliphatic carbocycles. The van der Waals surface area contributed by atoms with Crippen LogP contribution in [0.4, 0.5) is 5.00 Å². The number of nitrogens with two attached hydrogens (primary N) is 1. The van der Waals surface area contributed by atoms with E-state index in [2.05, 4.69) is 5.32 Å². The van der Waals surface area contributed by atoms with Crippen LogP contribution in [-0.2, 0) is 9.53 Å². The topological polar surface area (TPSA) is 81.4 Å². The molecule has 1 saturated carbocycles. The molecule has 1 aromatic rings. The number of amides is 1. The first-order valence-corrected chi connectivity index (χ1v) is 8.08. The van der Waals surface area contributed by atoms with Gasteiger partial charge in [0.15, 0.2) is 0 Å². The van der Waals surface area contributed by atoms with Crippen molar-refractivity contribution in [2.45, 2.75) is 52.0 Å². The Labute approximate surface area is 128 Å². The molecular weight excluding hydrogens is 288 g/mol. The fourth-order valence-electron chi connectivity index (χ4n) is 2.62. The van der Waals surface area contributed by atoms with Gasteiger partial charge >= 0.3 is 5.97 Å². The molecule has 116 valence electrons. The maximum absolute atomic E-state index is 12.4. The van der Waals surface area contributed by atoms with Gasteiger partial charge in [-0.2, -0.15) is 0 Å². The molecule has 0 unspecified atom stereocenters. The van der Waals surface area contributed by atoms with Crippen LogP contribution in [0, 0.1) is 13.8 Å². The molecule has 1 fully saturated rings. The van der Waals surface area contributed by atoms with E-state index >= 15 is 0 Å². The van der Waals surface area contributed by atoms with E-state index in [4.69, 9.17) is 10.5 Å². The fraction of sp³-hybridized carbons (Fsp3) is 0.600. The summed E-state index contributed by atoms with van der Waals surface area (Å²) in [7, 11) is 0. The summed E-state index contributed by atoms with van der Waals surface area (Å²) in [5.41, 5.74) is 6.65. The maximum atomic E-state index is 12.4. The van der Waals surface area contributed by atoms with Crippen LogP contribution >= 0.6 is 11.3 Å². The van der Waals surface area contributed by atoms with Crippen molar-refractivity contribution in [1.82, 2.24) is 0 Å². The Bertz CT molecular complexity index is 560. The van der Waals surface area contributed by atoms with Crippen molar-refractivity contribution in [2.24, 2.45) is 5.73 Å². The van der Waals surface area contributed by atoms with Crippen molar-refractivity contribution in [3.8, 4) is 0 Å². The molecule has 1 heterocycles. The van der Waals surface area contributed by atoms with Gasteiger partial charge in [-0.25, -0.2) is 4.79 Å². The SMILES string of the molecule is CCOC(=O)c1c(NC(=O)C2(N)CCCC2)sc(C)c1C. The third kappa shape index (κ3) is 3.11. The van der Waals surface area contributed by atoms with Gasteiger partial charge < -0.3 is 15.8 Å². The Kier molecular flexibility index (Phi) is 4.68. The van der Waals surface area contributed by atoms with Gasteiger partial charge in [0.05, 0.1) is 17.7 Å². The van der Waals surface area contributed by atoms with Gasteiger partial charge in [0.25, 0.3) is 0 Å². The average molecular weight is 310 g/mol. The van der Waals surface area contributed by atoms with Crippen molar-refractivity contribution < 1.29 is 14.3 Å². The largest absolute Gasteiger partial charge is 0.462 e. The normalized spacial score (nSPS) is 16.8. The molecule has 0 saturated heterocycles. The van der Waals surface area contributed by atoms with Crippen LogP contribution in [0.5, 0.6) is 0 Å². The van der Waals surface area contributed by atoms with Crippen molar-refractivity contribution in [3.05, 3.63) is 16.0 Å². The van der Waals surface area contributed by atoms with Crippen LogP contribution in [-0.4, -0.2) is 24.0 Å². The highest BCUT2D eigenvalue weighted by atomic mass is 32.1. The molecule has 21 heavy (non-hydrogen) atoms. The second-order valence-electron chi connectivity index (χ2n) is 5.53. The lowest BCUT2D eigenvalue weighted by Crippen LogP contribution is -2.48. The van der Waals surface area contributed by atoms with Crippen LogP contribution in [0.15, 0.2) is 0 Å². The first-order chi connectivity index (χ1) is 9.89. The van der Waals surface area contributed by atoms with Crippen LogP contribution < -0.4 is 11.1 Å². The van der Waals surface area contributed by atoms with Gasteiger partial charge in [0, 0.05) is 4.88 Å². The summed E-state index contributed by atoms with van der Waals surface area (Å²) in [6, 6.07) is 0. The monoisotopic (exact) mass is 310 g/mol. The van der Waals surface area contributed by atoms with Crippen LogP contribution in [0.25, 0.3) is 0 Å². The number of rotatable bonds is 4. The zero-order chi connectivity index (χ0) is 15.6. The summed E-state index contributed by atoms with van der Waals surface area (Å²) >= 11 is 1.39. The lowest BCUT2D eigenvalue weighted by atomic mass is 9.98. The third-order valence-electron chi connectivity index (χ3n) is 4.04. The van der Waals surface area contributed by atoms with Gasteiger partial charge in [-0.15, -0.1) is 11.3 Å². The Morgan fingerprint density at radius 2 is 1.95 bits per heavy atom. The molecule has 0 aromatic carbocycles. The van der Waals surface area contributed by atoms with Gasteiger partial charge in [0.1, 0.15) is 5.00 Å². The van der Waals surface area contributed by atoms with E-state index < -0.39 is 11.5 Å². The Morgan fingerprint density at radius 1 is 1.33 bits per heavy atom. The molecule has 0 spiro atoms. The highest BCUT2D eigenvalue weighted by Crippen LogP contribution is 2.35. The zero-order valence-electron chi connectivity index (χ0n) is 12.7. The van der Waals surface area contributed by atoms with E-state index in [1.807, 2.05) is 13.8 Å². The predicted octanol–water partition coefficient (Wildman–Crippen LogP) is 2.75. The van der Waals surface area contributed by atoms with Crippen molar-refractivity contribution in [2.75, 3.05) is 11.9 Å². The molecular formula is C15H22N2O3S. The first-order valence-electron chi connectivity index (χ1n) is 7.26. The maximum Gasteiger partial charge on any atom is 0.341 e. The number of nitrogens with one attached hydrogen (secondary N) is 1. The number of hydrogen-bond donors (Lipinski definition) is 2. The molecule has 0 atom stereocenters. The molecule has 1 aromatic heterocycles. The number of carbonyl (C=O) groups is 2. The minimum absolute atomic E-state index is 0.202. The van der Waals surface area contributed by atoms with Gasteiger partial charge in [0.2, 0.25) is 5.91 Å². The molecule has 0 aliphatic heterocycles. The van der Waals surface area contributed by atoms with E-state index in [1.165, 1.54) is 11.3 Å². The Morgan fingerprint density at radius 3 is 2.52 bits per heavy atom. The standard InChI is InChI=1S/C15H22N2O3S/c1-4-20-13(18)11-9(2)10(3)21-12(11)17-14(19)15(16)7-5-6-8-15/h4-8,16H2,1-3H3,(H,17,19). The number of aryl methyl sites for hydroxylation is 1. The molecule has 1 amide bonds. The summed E-state index contributed by atoms with van der Waals surface area (Å²) < 4.78 is 5.08. The molecule has 5 nitrogen and oxygen atoms in total. The van der Waals surface area contributed by atoms with E-state index in [-0.39, 0.29) is 5.91 Å². The molecule has 3 N–H and O–H groups in total. The predicted molar refractivity (Wildman–Crippen MR) is 83.8 cm³/mol. The van der Waals surface area contributed by atoms with Gasteiger partial charge in [-0.1, -0.05) is 12.8 Å². The molecule has 1 aliphatic rings. The van der Waals surface area contributed by atoms with E-state index in [0.29, 0.717) is 30.0 Å². The summed E-state index contributed by atoms with van der Waals surface area (Å²) in [4.78, 5) is 25.5. The molecule has 0 radical (unpaired) electrons. The quantitative estimate of drug-likeness (QED) is 0.838. The minimum atomic E-state index is -0.808. The highest BCUT2D eigenvalue weighted by molar-refractivity contribution is 7.16. The Balaban J connectivity index is 2.25. The van der Waals surface area contributed by atoms with Crippen LogP contribution in [0.1, 0.15) is 53.4 Å². The smallest absolute Gasteiger partial charge is 0.341 e. The van der Waals surface area contributed by atoms with Crippen molar-refractivity contribution in [1.29, 1.82) is 0 Å². The van der Waals surface area contributed by atoms with Crippen molar-refractivity contribution in [3.63, 3.8) is 0 Å². The number of hydrogen-bond acceptors (Lipinski definition) is 5. The number of carbonyl (C=O) groups excluding carboxylic acids is 2. The second-order valence-corrected chi connectivity index (χ2v) is 6.75. The fourth-order valence-corrected chi connectivity index (χ4v) is 3.67. The highest BCUT2D eigenvalue weighted by Gasteiger charge is 2.38. The average Bonchev–Trinajstić information content (AvgIpc) is 2.97. The molecule has 0 bridgehead atoms. The Hall–Kier alpha value is -1.40. The number of esters is 1. The van der Waals surface area contributed by atoms with Crippen molar-refractivity contribution >= 4 is 28.2 Å². The third-order valence-corrected chi connectivity index (χ3v) is 5.16. The van der Waals surface area contributed by atoms with Gasteiger partial charge in [-0.05, 0) is 39.2 Å². The van der Waals surface area contributed by atoms with Crippen LogP contribution in [0.2, 0.25) is 0 Å². The summed E-state index contributed by atoms with van der Waals surface area (Å²) in [5, 5.41) is 3.39. The number of ether oxygens (including phenoxy) is 1. The van der Waals surface area contributed by atoms with E-state index in [9.17, 15) is 9.59 Å². The zero-order valence-corrected chi connectivity index (χ0v) is 13.6. The van der Waals surface area contributed by atoms with E-state index in [1.54, 1.807) is 6.92 Å². The minimum Gasteiger partial charge on any atom is -0.462 e. The summed E-state index contributed by atoms with van der Waals surface area (Å²) in [6.07, 6.45) is 3.32. The summed E-state index contributed by atoms with van der Waals surface area (Å²) in [5.74, 6) is -0.598. The number of thiophene rings is 1. The lowest BCUT2D eigenvalue weighted by Gasteiger charge is -2.22. The molecule has 6 heteroatoms. The summed E-state index contributed by atoms with van der Waals surface area (Å²) in [6.45, 7) is 5.85. The van der Waals surface area contributed by atoms with Gasteiger partial charge in [-0.3, -0.25) is 4.79 Å². The van der Waals surface area contributed by atoms with Crippen LogP contribution in [0.3, 0.4) is 0 Å². The second kappa shape index (κ2) is 6.15. The first kappa shape index (κ1) is 16.0. The lowest BCUT2D eigenvalue weighted by molar-refractivity contribution is -0.120. The van der Waals surface area contributed by atoms with E-state index in [0.717, 1.165) is 23.3 Å². The number of anilines is 1. The molecule has 2 rings (SSSR count).